The molecule has 17 heavy (non-hydrogen) atoms. The van der Waals surface area contributed by atoms with E-state index in [-0.39, 0.29) is 0 Å². The van der Waals surface area contributed by atoms with Crippen molar-refractivity contribution in [1.29, 1.82) is 5.26 Å². The number of hydrogen-bond donors (Lipinski definition) is 0. The summed E-state index contributed by atoms with van der Waals surface area (Å²) in [5.41, 5.74) is 2.69. The van der Waals surface area contributed by atoms with Crippen LogP contribution in [-0.4, -0.2) is 36.3 Å². The summed E-state index contributed by atoms with van der Waals surface area (Å²) in [6.45, 7) is 3.04. The van der Waals surface area contributed by atoms with Crippen LogP contribution in [0.3, 0.4) is 0 Å². The van der Waals surface area contributed by atoms with Crippen molar-refractivity contribution in [3.05, 3.63) is 17.0 Å². The van der Waals surface area contributed by atoms with Gasteiger partial charge in [-0.3, -0.25) is 0 Å². The minimum absolute atomic E-state index is 0.564. The minimum Gasteiger partial charge on any atom is -0.378 e. The molecule has 1 aromatic rings. The zero-order valence-electron chi connectivity index (χ0n) is 9.65. The molecular weight excluding hydrogens is 216 g/mol. The quantitative estimate of drug-likeness (QED) is 0.709. The van der Waals surface area contributed by atoms with Gasteiger partial charge in [0, 0.05) is 18.7 Å². The Hall–Kier alpha value is -1.67. The van der Waals surface area contributed by atoms with Gasteiger partial charge in [0.15, 0.2) is 0 Å². The Labute approximate surface area is 100 Å². The van der Waals surface area contributed by atoms with Crippen LogP contribution in [0.5, 0.6) is 0 Å². The predicted octanol–water partition coefficient (Wildman–Crippen LogP) is 0.674. The molecule has 0 N–H and O–H groups in total. The van der Waals surface area contributed by atoms with Gasteiger partial charge in [-0.25, -0.2) is 9.97 Å². The Balaban J connectivity index is 1.98. The van der Waals surface area contributed by atoms with Crippen LogP contribution in [0.2, 0.25) is 0 Å². The highest BCUT2D eigenvalue weighted by Crippen LogP contribution is 2.25. The van der Waals surface area contributed by atoms with Crippen molar-refractivity contribution in [2.24, 2.45) is 0 Å². The minimum atomic E-state index is 0.564. The number of nitriles is 1. The third-order valence-electron chi connectivity index (χ3n) is 3.32. The molecule has 1 aromatic heterocycles. The van der Waals surface area contributed by atoms with E-state index in [0.717, 1.165) is 43.6 Å². The maximum atomic E-state index is 9.14. The van der Waals surface area contributed by atoms with E-state index in [4.69, 9.17) is 10.00 Å². The number of fused-ring (bicyclic) bond motifs is 1. The Morgan fingerprint density at radius 1 is 1.18 bits per heavy atom. The largest absolute Gasteiger partial charge is 0.378 e. The lowest BCUT2D eigenvalue weighted by molar-refractivity contribution is 0.122. The summed E-state index contributed by atoms with van der Waals surface area (Å²) >= 11 is 0. The monoisotopic (exact) mass is 230 g/mol. The lowest BCUT2D eigenvalue weighted by Crippen LogP contribution is -2.37. The van der Waals surface area contributed by atoms with E-state index < -0.39 is 0 Å². The first kappa shape index (κ1) is 10.5. The number of ether oxygens (including phenoxy) is 1. The predicted molar refractivity (Wildman–Crippen MR) is 61.8 cm³/mol. The van der Waals surface area contributed by atoms with Crippen molar-refractivity contribution >= 4 is 5.95 Å². The van der Waals surface area contributed by atoms with Crippen LogP contribution >= 0.6 is 0 Å². The maximum absolute atomic E-state index is 9.14. The average molecular weight is 230 g/mol. The fraction of sp³-hybridized carbons (Fsp3) is 0.583. The molecule has 0 saturated carbocycles. The Kier molecular flexibility index (Phi) is 2.65. The molecule has 0 atom stereocenters. The topological polar surface area (TPSA) is 62.0 Å². The SMILES string of the molecule is N#Cc1nc(N2CCOCC2)nc2c1CCC2. The van der Waals surface area contributed by atoms with Gasteiger partial charge in [0.05, 0.1) is 18.9 Å². The van der Waals surface area contributed by atoms with E-state index in [9.17, 15) is 0 Å². The molecule has 0 amide bonds. The fourth-order valence-corrected chi connectivity index (χ4v) is 2.42. The van der Waals surface area contributed by atoms with Crippen LogP contribution in [-0.2, 0) is 17.6 Å². The molecule has 1 aliphatic carbocycles. The summed E-state index contributed by atoms with van der Waals surface area (Å²) < 4.78 is 5.31. The van der Waals surface area contributed by atoms with E-state index in [0.29, 0.717) is 24.9 Å². The van der Waals surface area contributed by atoms with Crippen molar-refractivity contribution in [3.8, 4) is 6.07 Å². The van der Waals surface area contributed by atoms with Gasteiger partial charge in [-0.05, 0) is 19.3 Å². The molecule has 0 aromatic carbocycles. The van der Waals surface area contributed by atoms with E-state index in [2.05, 4.69) is 20.9 Å². The van der Waals surface area contributed by atoms with E-state index in [1.807, 2.05) is 0 Å². The van der Waals surface area contributed by atoms with Gasteiger partial charge in [-0.1, -0.05) is 0 Å². The molecule has 5 heteroatoms. The second kappa shape index (κ2) is 4.30. The molecule has 1 aliphatic heterocycles. The smallest absolute Gasteiger partial charge is 0.226 e. The first-order valence-corrected chi connectivity index (χ1v) is 6.01. The maximum Gasteiger partial charge on any atom is 0.226 e. The van der Waals surface area contributed by atoms with Crippen molar-refractivity contribution in [3.63, 3.8) is 0 Å². The first-order chi connectivity index (χ1) is 8.38. The molecule has 0 unspecified atom stereocenters. The van der Waals surface area contributed by atoms with Crippen molar-refractivity contribution < 1.29 is 4.74 Å². The molecule has 1 fully saturated rings. The van der Waals surface area contributed by atoms with Gasteiger partial charge in [0.25, 0.3) is 0 Å². The molecule has 88 valence electrons. The van der Waals surface area contributed by atoms with Gasteiger partial charge in [-0.2, -0.15) is 5.26 Å². The summed E-state index contributed by atoms with van der Waals surface area (Å²) in [7, 11) is 0. The van der Waals surface area contributed by atoms with Gasteiger partial charge >= 0.3 is 0 Å². The fourth-order valence-electron chi connectivity index (χ4n) is 2.42. The van der Waals surface area contributed by atoms with Gasteiger partial charge in [-0.15, -0.1) is 0 Å². The average Bonchev–Trinajstić information content (AvgIpc) is 2.86. The molecular formula is C12H14N4O. The Morgan fingerprint density at radius 2 is 2.00 bits per heavy atom. The summed E-state index contributed by atoms with van der Waals surface area (Å²) in [6.07, 6.45) is 3.01. The number of aryl methyl sites for hydroxylation is 1. The van der Waals surface area contributed by atoms with Gasteiger partial charge in [0.1, 0.15) is 11.8 Å². The van der Waals surface area contributed by atoms with Crippen LogP contribution in [0, 0.1) is 11.3 Å². The number of rotatable bonds is 1. The number of hydrogen-bond acceptors (Lipinski definition) is 5. The molecule has 3 rings (SSSR count). The third-order valence-corrected chi connectivity index (χ3v) is 3.32. The molecule has 0 bridgehead atoms. The summed E-state index contributed by atoms with van der Waals surface area (Å²) in [5.74, 6) is 0.700. The highest BCUT2D eigenvalue weighted by molar-refractivity contribution is 5.44. The zero-order valence-corrected chi connectivity index (χ0v) is 9.65. The third kappa shape index (κ3) is 1.85. The Bertz CT molecular complexity index is 474. The zero-order chi connectivity index (χ0) is 11.7. The highest BCUT2D eigenvalue weighted by atomic mass is 16.5. The molecule has 2 aliphatic rings. The summed E-state index contributed by atoms with van der Waals surface area (Å²) in [4.78, 5) is 11.1. The van der Waals surface area contributed by atoms with Crippen molar-refractivity contribution in [2.75, 3.05) is 31.2 Å². The molecule has 2 heterocycles. The molecule has 1 saturated heterocycles. The van der Waals surface area contributed by atoms with Crippen molar-refractivity contribution in [2.45, 2.75) is 19.3 Å². The second-order valence-electron chi connectivity index (χ2n) is 4.36. The summed E-state index contributed by atoms with van der Waals surface area (Å²) in [6, 6.07) is 2.20. The molecule has 0 radical (unpaired) electrons. The van der Waals surface area contributed by atoms with E-state index >= 15 is 0 Å². The number of anilines is 1. The van der Waals surface area contributed by atoms with Crippen LogP contribution < -0.4 is 4.90 Å². The van der Waals surface area contributed by atoms with Gasteiger partial charge in [0.2, 0.25) is 5.95 Å². The standard InChI is InChI=1S/C12H14N4O/c13-8-11-9-2-1-3-10(9)14-12(15-11)16-4-6-17-7-5-16/h1-7H2. The first-order valence-electron chi connectivity index (χ1n) is 6.01. The highest BCUT2D eigenvalue weighted by Gasteiger charge is 2.22. The van der Waals surface area contributed by atoms with Crippen LogP contribution in [0.4, 0.5) is 5.95 Å². The lowest BCUT2D eigenvalue weighted by Gasteiger charge is -2.27. The lowest BCUT2D eigenvalue weighted by atomic mass is 10.2. The molecule has 5 nitrogen and oxygen atoms in total. The van der Waals surface area contributed by atoms with Crippen LogP contribution in [0.1, 0.15) is 23.4 Å². The summed E-state index contributed by atoms with van der Waals surface area (Å²) in [5, 5.41) is 9.14. The molecule has 0 spiro atoms. The van der Waals surface area contributed by atoms with Gasteiger partial charge < -0.3 is 9.64 Å². The number of morpholine rings is 1. The van der Waals surface area contributed by atoms with Crippen LogP contribution in [0.15, 0.2) is 0 Å². The Morgan fingerprint density at radius 3 is 2.76 bits per heavy atom. The normalized spacial score (nSPS) is 18.9. The van der Waals surface area contributed by atoms with E-state index in [1.165, 1.54) is 0 Å². The number of aromatic nitrogens is 2. The van der Waals surface area contributed by atoms with E-state index in [1.54, 1.807) is 0 Å². The van der Waals surface area contributed by atoms with Crippen molar-refractivity contribution in [1.82, 2.24) is 9.97 Å². The van der Waals surface area contributed by atoms with Crippen LogP contribution in [0.25, 0.3) is 0 Å². The number of nitrogens with zero attached hydrogens (tertiary/aromatic N) is 4. The second-order valence-corrected chi connectivity index (χ2v) is 4.36.